The molecule has 0 aliphatic carbocycles. The molecule has 1 atom stereocenters. The Bertz CT molecular complexity index is 679. The summed E-state index contributed by atoms with van der Waals surface area (Å²) in [7, 11) is 0. The van der Waals surface area contributed by atoms with Crippen LogP contribution in [0.2, 0.25) is 0 Å². The van der Waals surface area contributed by atoms with Gasteiger partial charge in [-0.1, -0.05) is 33.6 Å². The molecule has 0 heterocycles. The fraction of sp³-hybridized carbons (Fsp3) is 0.235. The van der Waals surface area contributed by atoms with Crippen LogP contribution in [-0.4, -0.2) is 17.8 Å². The Morgan fingerprint density at radius 2 is 1.96 bits per heavy atom. The molecule has 6 heteroatoms. The van der Waals surface area contributed by atoms with Crippen LogP contribution < -0.4 is 15.4 Å². The number of ether oxygens (including phenoxy) is 1. The van der Waals surface area contributed by atoms with E-state index in [1.54, 1.807) is 12.1 Å². The van der Waals surface area contributed by atoms with Gasteiger partial charge in [-0.15, -0.1) is 0 Å². The van der Waals surface area contributed by atoms with Crippen LogP contribution in [0.15, 0.2) is 46.9 Å². The number of rotatable bonds is 5. The van der Waals surface area contributed by atoms with E-state index in [1.165, 1.54) is 11.6 Å². The molecule has 0 saturated carbocycles. The van der Waals surface area contributed by atoms with Crippen molar-refractivity contribution in [3.63, 3.8) is 0 Å². The van der Waals surface area contributed by atoms with E-state index in [1.807, 2.05) is 38.1 Å². The lowest BCUT2D eigenvalue weighted by Crippen LogP contribution is -2.39. The molecule has 122 valence electrons. The molecule has 0 unspecified atom stereocenters. The van der Waals surface area contributed by atoms with E-state index >= 15 is 0 Å². The third-order valence-corrected chi connectivity index (χ3v) is 3.79. The van der Waals surface area contributed by atoms with Crippen molar-refractivity contribution in [1.82, 2.24) is 5.32 Å². The molecule has 2 rings (SSSR count). The van der Waals surface area contributed by atoms with Gasteiger partial charge < -0.3 is 15.4 Å². The molecule has 2 aromatic carbocycles. The van der Waals surface area contributed by atoms with E-state index in [-0.39, 0.29) is 11.9 Å². The molecule has 23 heavy (non-hydrogen) atoms. The first-order valence-electron chi connectivity index (χ1n) is 7.16. The lowest BCUT2D eigenvalue weighted by atomic mass is 10.2. The summed E-state index contributed by atoms with van der Waals surface area (Å²) < 4.78 is 20.1. The average molecular weight is 397 g/mol. The molecular formula is C17H18BrFN2OS. The Labute approximate surface area is 149 Å². The summed E-state index contributed by atoms with van der Waals surface area (Å²) in [4.78, 5) is 0. The highest BCUT2D eigenvalue weighted by Gasteiger charge is 2.08. The number of benzene rings is 2. The number of hydrogen-bond donors (Lipinski definition) is 2. The molecule has 2 aromatic rings. The molecule has 0 aromatic heterocycles. The number of anilines is 1. The normalized spacial score (nSPS) is 11.7. The maximum atomic E-state index is 13.7. The van der Waals surface area contributed by atoms with E-state index in [2.05, 4.69) is 26.6 Å². The second-order valence-corrected chi connectivity index (χ2v) is 6.57. The standard InChI is InChI=1S/C17H18BrFN2OS/c1-11-3-6-14(7-4-11)22-10-12(2)20-17(23)21-16-8-5-13(18)9-15(16)19/h3-9,12H,10H2,1-2H3,(H2,20,21,23)/t12-/m1/s1. The third kappa shape index (κ3) is 5.80. The van der Waals surface area contributed by atoms with Crippen LogP contribution in [0.1, 0.15) is 12.5 Å². The zero-order valence-corrected chi connectivity index (χ0v) is 15.3. The molecule has 0 saturated heterocycles. The van der Waals surface area contributed by atoms with E-state index in [9.17, 15) is 4.39 Å². The highest BCUT2D eigenvalue weighted by Crippen LogP contribution is 2.19. The second kappa shape index (κ2) is 8.26. The predicted octanol–water partition coefficient (Wildman–Crippen LogP) is 4.65. The summed E-state index contributed by atoms with van der Waals surface area (Å²) in [5, 5.41) is 6.26. The highest BCUT2D eigenvalue weighted by atomic mass is 79.9. The first-order valence-corrected chi connectivity index (χ1v) is 8.36. The van der Waals surface area contributed by atoms with Crippen molar-refractivity contribution < 1.29 is 9.13 Å². The van der Waals surface area contributed by atoms with E-state index in [0.29, 0.717) is 21.9 Å². The van der Waals surface area contributed by atoms with Gasteiger partial charge in [0.05, 0.1) is 11.7 Å². The fourth-order valence-corrected chi connectivity index (χ4v) is 2.51. The maximum Gasteiger partial charge on any atom is 0.171 e. The number of halogens is 2. The fourth-order valence-electron chi connectivity index (χ4n) is 1.87. The van der Waals surface area contributed by atoms with Crippen molar-refractivity contribution >= 4 is 38.9 Å². The number of hydrogen-bond acceptors (Lipinski definition) is 2. The molecule has 3 nitrogen and oxygen atoms in total. The summed E-state index contributed by atoms with van der Waals surface area (Å²) in [6, 6.07) is 12.6. The van der Waals surface area contributed by atoms with Crippen LogP contribution in [-0.2, 0) is 0 Å². The Kier molecular flexibility index (Phi) is 6.36. The molecular weight excluding hydrogens is 379 g/mol. The molecule has 0 spiro atoms. The molecule has 0 radical (unpaired) electrons. The highest BCUT2D eigenvalue weighted by molar-refractivity contribution is 9.10. The topological polar surface area (TPSA) is 33.3 Å². The first-order chi connectivity index (χ1) is 10.9. The minimum Gasteiger partial charge on any atom is -0.491 e. The van der Waals surface area contributed by atoms with Crippen LogP contribution in [0.4, 0.5) is 10.1 Å². The van der Waals surface area contributed by atoms with Crippen LogP contribution in [0.5, 0.6) is 5.75 Å². The van der Waals surface area contributed by atoms with Crippen LogP contribution in [0.3, 0.4) is 0 Å². The minimum absolute atomic E-state index is 0.0187. The predicted molar refractivity (Wildman–Crippen MR) is 99.6 cm³/mol. The summed E-state index contributed by atoms with van der Waals surface area (Å²) >= 11 is 8.41. The SMILES string of the molecule is Cc1ccc(OC[C@@H](C)NC(=S)Nc2ccc(Br)cc2F)cc1. The van der Waals surface area contributed by atoms with E-state index < -0.39 is 0 Å². The molecule has 0 aliphatic heterocycles. The average Bonchev–Trinajstić information content (AvgIpc) is 2.49. The van der Waals surface area contributed by atoms with Crippen LogP contribution in [0.25, 0.3) is 0 Å². The summed E-state index contributed by atoms with van der Waals surface area (Å²) in [5.41, 5.74) is 1.52. The zero-order valence-electron chi connectivity index (χ0n) is 12.9. The Hall–Kier alpha value is -1.66. The van der Waals surface area contributed by atoms with Crippen molar-refractivity contribution in [2.45, 2.75) is 19.9 Å². The van der Waals surface area contributed by atoms with Gasteiger partial charge in [0.1, 0.15) is 18.2 Å². The quantitative estimate of drug-likeness (QED) is 0.720. The van der Waals surface area contributed by atoms with Gasteiger partial charge >= 0.3 is 0 Å². The van der Waals surface area contributed by atoms with Gasteiger partial charge in [0.25, 0.3) is 0 Å². The van der Waals surface area contributed by atoms with Crippen LogP contribution >= 0.6 is 28.1 Å². The lowest BCUT2D eigenvalue weighted by molar-refractivity contribution is 0.287. The molecule has 2 N–H and O–H groups in total. The second-order valence-electron chi connectivity index (χ2n) is 5.25. The van der Waals surface area contributed by atoms with Crippen molar-refractivity contribution in [3.8, 4) is 5.75 Å². The van der Waals surface area contributed by atoms with Crippen LogP contribution in [0, 0.1) is 12.7 Å². The van der Waals surface area contributed by atoms with Gasteiger partial charge in [-0.25, -0.2) is 4.39 Å². The van der Waals surface area contributed by atoms with Gasteiger partial charge in [-0.3, -0.25) is 0 Å². The monoisotopic (exact) mass is 396 g/mol. The van der Waals surface area contributed by atoms with Gasteiger partial charge in [0.2, 0.25) is 0 Å². The van der Waals surface area contributed by atoms with Gasteiger partial charge in [-0.05, 0) is 56.4 Å². The summed E-state index contributed by atoms with van der Waals surface area (Å²) in [6.45, 7) is 4.42. The van der Waals surface area contributed by atoms with Gasteiger partial charge in [0, 0.05) is 4.47 Å². The minimum atomic E-state index is -0.368. The van der Waals surface area contributed by atoms with Gasteiger partial charge in [-0.2, -0.15) is 0 Å². The Balaban J connectivity index is 1.81. The number of thiocarbonyl (C=S) groups is 1. The molecule has 0 aliphatic rings. The largest absolute Gasteiger partial charge is 0.491 e. The van der Waals surface area contributed by atoms with Crippen molar-refractivity contribution in [3.05, 3.63) is 58.3 Å². The van der Waals surface area contributed by atoms with E-state index in [0.717, 1.165) is 5.75 Å². The third-order valence-electron chi connectivity index (χ3n) is 3.08. The smallest absolute Gasteiger partial charge is 0.171 e. The van der Waals surface area contributed by atoms with Crippen molar-refractivity contribution in [1.29, 1.82) is 0 Å². The number of nitrogens with one attached hydrogen (secondary N) is 2. The molecule has 0 bridgehead atoms. The van der Waals surface area contributed by atoms with Crippen molar-refractivity contribution in [2.75, 3.05) is 11.9 Å². The van der Waals surface area contributed by atoms with E-state index in [4.69, 9.17) is 17.0 Å². The summed E-state index contributed by atoms with van der Waals surface area (Å²) in [5.74, 6) is 0.439. The van der Waals surface area contributed by atoms with Gasteiger partial charge in [0.15, 0.2) is 5.11 Å². The van der Waals surface area contributed by atoms with Crippen molar-refractivity contribution in [2.24, 2.45) is 0 Å². The molecule has 0 fully saturated rings. The summed E-state index contributed by atoms with van der Waals surface area (Å²) in [6.07, 6.45) is 0. The lowest BCUT2D eigenvalue weighted by Gasteiger charge is -2.18. The Morgan fingerprint density at radius 3 is 2.61 bits per heavy atom. The first kappa shape index (κ1) is 17.7. The molecule has 0 amide bonds. The maximum absolute atomic E-state index is 13.7. The Morgan fingerprint density at radius 1 is 1.26 bits per heavy atom. The zero-order chi connectivity index (χ0) is 16.8. The number of aryl methyl sites for hydroxylation is 1.